The Morgan fingerprint density at radius 1 is 1.15 bits per heavy atom. The van der Waals surface area contributed by atoms with Gasteiger partial charge in [-0.25, -0.2) is 24.0 Å². The molecule has 0 radical (unpaired) electrons. The summed E-state index contributed by atoms with van der Waals surface area (Å²) >= 11 is 0. The van der Waals surface area contributed by atoms with Crippen molar-refractivity contribution in [2.24, 2.45) is 0 Å². The van der Waals surface area contributed by atoms with Crippen molar-refractivity contribution < 1.29 is 36.4 Å². The lowest BCUT2D eigenvalue weighted by molar-refractivity contribution is -0.141. The molecule has 2 atom stereocenters. The van der Waals surface area contributed by atoms with Crippen LogP contribution in [0.15, 0.2) is 46.4 Å². The number of nitrogens with zero attached hydrogens (tertiary/aromatic N) is 7. The fourth-order valence-electron chi connectivity index (χ4n) is 4.62. The summed E-state index contributed by atoms with van der Waals surface area (Å²) in [6.07, 6.45) is -0.844. The van der Waals surface area contributed by atoms with Crippen LogP contribution in [0.5, 0.6) is 0 Å². The quantitative estimate of drug-likeness (QED) is 0.186. The number of aromatic amines is 1. The molecule has 1 aliphatic rings. The van der Waals surface area contributed by atoms with Gasteiger partial charge in [0.2, 0.25) is 5.95 Å². The second kappa shape index (κ2) is 9.41. The van der Waals surface area contributed by atoms with Crippen molar-refractivity contribution in [3.05, 3.63) is 74.8 Å². The third-order valence-corrected chi connectivity index (χ3v) is 6.96. The number of nitrogens with one attached hydrogen (secondary N) is 1. The molecule has 0 amide bonds. The van der Waals surface area contributed by atoms with Crippen LogP contribution >= 0.6 is 7.82 Å². The standard InChI is InChI=1S/C22H17F4N8O6P/c23-17-6-27-19-13(11-3-12(11)15-2-1-10-5-28-33(18(10)29-15)8-22(24,25)26)4-16(31-34(17)19)14-7-32(9-40-41(37,38)39)21(36)30-20(14)35/h1-2,4-7,11-12H,3,8-9H2,(H,30,35,36)(H2,37,38,39)/t11?,12-/m1/s1. The molecule has 0 spiro atoms. The highest BCUT2D eigenvalue weighted by molar-refractivity contribution is 7.46. The summed E-state index contributed by atoms with van der Waals surface area (Å²) in [6.45, 7) is -2.20. The molecular weight excluding hydrogens is 579 g/mol. The van der Waals surface area contributed by atoms with Crippen LogP contribution in [0.3, 0.4) is 0 Å². The van der Waals surface area contributed by atoms with E-state index in [4.69, 9.17) is 9.79 Å². The third kappa shape index (κ3) is 5.29. The molecule has 19 heteroatoms. The Labute approximate surface area is 224 Å². The minimum absolute atomic E-state index is 0.0595. The van der Waals surface area contributed by atoms with Crippen LogP contribution in [0.2, 0.25) is 0 Å². The van der Waals surface area contributed by atoms with E-state index in [0.717, 1.165) is 21.6 Å². The lowest BCUT2D eigenvalue weighted by Crippen LogP contribution is -2.31. The van der Waals surface area contributed by atoms with Gasteiger partial charge in [0.25, 0.3) is 5.56 Å². The molecule has 1 aliphatic carbocycles. The van der Waals surface area contributed by atoms with Crippen molar-refractivity contribution in [3.63, 3.8) is 0 Å². The number of alkyl halides is 3. The van der Waals surface area contributed by atoms with Gasteiger partial charge >= 0.3 is 19.7 Å². The van der Waals surface area contributed by atoms with Crippen LogP contribution in [0, 0.1) is 5.95 Å². The van der Waals surface area contributed by atoms with Gasteiger partial charge in [-0.15, -0.1) is 0 Å². The van der Waals surface area contributed by atoms with Gasteiger partial charge in [-0.05, 0) is 30.5 Å². The smallest absolute Gasteiger partial charge is 0.303 e. The largest absolute Gasteiger partial charge is 0.471 e. The second-order valence-electron chi connectivity index (χ2n) is 9.34. The fourth-order valence-corrected chi connectivity index (χ4v) is 4.90. The Kier molecular flexibility index (Phi) is 6.18. The lowest BCUT2D eigenvalue weighted by Gasteiger charge is -2.11. The molecule has 3 N–H and O–H groups in total. The van der Waals surface area contributed by atoms with E-state index < -0.39 is 44.5 Å². The number of rotatable bonds is 7. The molecular formula is C22H17F4N8O6P. The van der Waals surface area contributed by atoms with Gasteiger partial charge < -0.3 is 9.79 Å². The molecule has 0 bridgehead atoms. The number of hydrogen-bond donors (Lipinski definition) is 3. The first-order valence-electron chi connectivity index (χ1n) is 11.7. The number of phosphoric acid groups is 1. The van der Waals surface area contributed by atoms with E-state index in [0.29, 0.717) is 27.6 Å². The summed E-state index contributed by atoms with van der Waals surface area (Å²) < 4.78 is 71.3. The first kappa shape index (κ1) is 26.9. The van der Waals surface area contributed by atoms with E-state index >= 15 is 0 Å². The maximum absolute atomic E-state index is 14.6. The van der Waals surface area contributed by atoms with Crippen molar-refractivity contribution in [2.45, 2.75) is 37.7 Å². The molecule has 5 aromatic heterocycles. The van der Waals surface area contributed by atoms with Crippen molar-refractivity contribution in [2.75, 3.05) is 0 Å². The molecule has 6 rings (SSSR count). The minimum Gasteiger partial charge on any atom is -0.303 e. The second-order valence-corrected chi connectivity index (χ2v) is 10.6. The molecule has 214 valence electrons. The number of hydrogen-bond acceptors (Lipinski definition) is 8. The molecule has 1 saturated carbocycles. The maximum Gasteiger partial charge on any atom is 0.471 e. The van der Waals surface area contributed by atoms with E-state index in [9.17, 15) is 31.7 Å². The van der Waals surface area contributed by atoms with Gasteiger partial charge in [0.1, 0.15) is 13.3 Å². The van der Waals surface area contributed by atoms with E-state index in [-0.39, 0.29) is 34.4 Å². The topological polar surface area (TPSA) is 183 Å². The van der Waals surface area contributed by atoms with Gasteiger partial charge in [-0.1, -0.05) is 0 Å². The number of imidazole rings is 1. The average Bonchev–Trinajstić information content (AvgIpc) is 3.46. The predicted molar refractivity (Wildman–Crippen MR) is 130 cm³/mol. The summed E-state index contributed by atoms with van der Waals surface area (Å²) in [5.74, 6) is -1.46. The first-order valence-corrected chi connectivity index (χ1v) is 13.3. The van der Waals surface area contributed by atoms with Crippen LogP contribution in [0.4, 0.5) is 17.6 Å². The number of H-pyrrole nitrogens is 1. The van der Waals surface area contributed by atoms with E-state index in [1.54, 1.807) is 12.1 Å². The van der Waals surface area contributed by atoms with Crippen LogP contribution < -0.4 is 11.2 Å². The third-order valence-electron chi connectivity index (χ3n) is 6.51. The van der Waals surface area contributed by atoms with E-state index in [2.05, 4.69) is 24.7 Å². The van der Waals surface area contributed by atoms with Gasteiger partial charge in [-0.3, -0.25) is 18.9 Å². The monoisotopic (exact) mass is 596 g/mol. The Hall–Kier alpha value is -4.25. The van der Waals surface area contributed by atoms with Gasteiger partial charge in [0, 0.05) is 28.8 Å². The predicted octanol–water partition coefficient (Wildman–Crippen LogP) is 2.03. The summed E-state index contributed by atoms with van der Waals surface area (Å²) in [5.41, 5.74) is -1.11. The Balaban J connectivity index is 1.39. The summed E-state index contributed by atoms with van der Waals surface area (Å²) in [7, 11) is -4.95. The van der Waals surface area contributed by atoms with Gasteiger partial charge in [-0.2, -0.15) is 32.3 Å². The summed E-state index contributed by atoms with van der Waals surface area (Å²) in [6, 6.07) is 4.74. The maximum atomic E-state index is 14.6. The van der Waals surface area contributed by atoms with Crippen molar-refractivity contribution in [1.29, 1.82) is 0 Å². The van der Waals surface area contributed by atoms with Gasteiger partial charge in [0.15, 0.2) is 11.3 Å². The zero-order valence-corrected chi connectivity index (χ0v) is 21.3. The van der Waals surface area contributed by atoms with E-state index in [1.165, 1.54) is 12.3 Å². The molecule has 0 aromatic carbocycles. The minimum atomic E-state index is -4.95. The highest BCUT2D eigenvalue weighted by atomic mass is 31.2. The summed E-state index contributed by atoms with van der Waals surface area (Å²) in [4.78, 5) is 53.1. The van der Waals surface area contributed by atoms with Gasteiger partial charge in [0.05, 0.1) is 23.7 Å². The van der Waals surface area contributed by atoms with Crippen molar-refractivity contribution in [1.82, 2.24) is 38.9 Å². The Morgan fingerprint density at radius 2 is 1.93 bits per heavy atom. The van der Waals surface area contributed by atoms with Crippen molar-refractivity contribution in [3.8, 4) is 11.3 Å². The lowest BCUT2D eigenvalue weighted by atomic mass is 10.1. The van der Waals surface area contributed by atoms with Crippen LogP contribution in [-0.4, -0.2) is 54.9 Å². The van der Waals surface area contributed by atoms with Crippen molar-refractivity contribution >= 4 is 24.5 Å². The molecule has 5 aromatic rings. The van der Waals surface area contributed by atoms with Crippen LogP contribution in [0.1, 0.15) is 29.5 Å². The molecule has 0 aliphatic heterocycles. The normalized spacial score (nSPS) is 17.5. The molecule has 14 nitrogen and oxygen atoms in total. The SMILES string of the molecule is O=c1[nH]c(=O)n(COP(=O)(O)O)cc1-c1cc(C2C[C@H]2c2ccc3cnn(CC(F)(F)F)c3n2)c2ncc(F)n2n1. The number of halogens is 4. The number of pyridine rings is 1. The zero-order chi connectivity index (χ0) is 29.3. The number of aromatic nitrogens is 8. The molecule has 0 saturated heterocycles. The fraction of sp³-hybridized carbons (Fsp3) is 0.273. The molecule has 1 fully saturated rings. The average molecular weight is 596 g/mol. The molecule has 41 heavy (non-hydrogen) atoms. The number of fused-ring (bicyclic) bond motifs is 2. The van der Waals surface area contributed by atoms with Crippen LogP contribution in [0.25, 0.3) is 27.9 Å². The number of phosphoric ester groups is 1. The Morgan fingerprint density at radius 3 is 2.66 bits per heavy atom. The highest BCUT2D eigenvalue weighted by Gasteiger charge is 2.43. The molecule has 1 unspecified atom stereocenters. The zero-order valence-electron chi connectivity index (χ0n) is 20.4. The Bertz CT molecular complexity index is 1990. The summed E-state index contributed by atoms with van der Waals surface area (Å²) in [5, 5.41) is 8.31. The highest BCUT2D eigenvalue weighted by Crippen LogP contribution is 2.55. The van der Waals surface area contributed by atoms with E-state index in [1.807, 2.05) is 4.98 Å². The molecule has 5 heterocycles. The first-order chi connectivity index (χ1) is 19.3. The van der Waals surface area contributed by atoms with Crippen LogP contribution in [-0.2, 0) is 22.4 Å².